The zero-order valence-electron chi connectivity index (χ0n) is 15.9. The van der Waals surface area contributed by atoms with Crippen LogP contribution in [0.15, 0.2) is 48.5 Å². The standard InChI is InChI=1S/C22H24N2O4/c1-15-9-11-16(12-10-15)13-23-21(26)18-7-2-3-8-19(18)24-20(25)14-28-22(27)17-5-4-6-17/h2-3,7-12,17H,4-6,13-14H2,1H3,(H,23,26)(H,24,25). The first-order valence-corrected chi connectivity index (χ1v) is 9.42. The van der Waals surface area contributed by atoms with Gasteiger partial charge in [-0.2, -0.15) is 0 Å². The molecule has 6 nitrogen and oxygen atoms in total. The first-order chi connectivity index (χ1) is 13.5. The summed E-state index contributed by atoms with van der Waals surface area (Å²) in [5, 5.41) is 5.50. The van der Waals surface area contributed by atoms with E-state index in [9.17, 15) is 14.4 Å². The van der Waals surface area contributed by atoms with E-state index in [1.165, 1.54) is 0 Å². The van der Waals surface area contributed by atoms with Crippen LogP contribution in [0.3, 0.4) is 0 Å². The minimum Gasteiger partial charge on any atom is -0.455 e. The molecule has 0 aromatic heterocycles. The Hall–Kier alpha value is -3.15. The molecule has 146 valence electrons. The van der Waals surface area contributed by atoms with Crippen LogP contribution < -0.4 is 10.6 Å². The number of rotatable bonds is 7. The van der Waals surface area contributed by atoms with Gasteiger partial charge in [0.1, 0.15) is 0 Å². The Morgan fingerprint density at radius 2 is 1.75 bits per heavy atom. The highest BCUT2D eigenvalue weighted by molar-refractivity contribution is 6.04. The molecule has 1 aliphatic rings. The number of aryl methyl sites for hydroxylation is 1. The SMILES string of the molecule is Cc1ccc(CNC(=O)c2ccccc2NC(=O)COC(=O)C2CCC2)cc1. The number of amides is 2. The third-order valence-corrected chi connectivity index (χ3v) is 4.80. The van der Waals surface area contributed by atoms with E-state index < -0.39 is 5.91 Å². The van der Waals surface area contributed by atoms with E-state index in [1.807, 2.05) is 31.2 Å². The average Bonchev–Trinajstić information content (AvgIpc) is 2.65. The molecular formula is C22H24N2O4. The van der Waals surface area contributed by atoms with Gasteiger partial charge in [-0.05, 0) is 37.5 Å². The second kappa shape index (κ2) is 9.17. The van der Waals surface area contributed by atoms with Crippen molar-refractivity contribution in [3.8, 4) is 0 Å². The third kappa shape index (κ3) is 5.19. The van der Waals surface area contributed by atoms with Crippen LogP contribution in [0.25, 0.3) is 0 Å². The Morgan fingerprint density at radius 3 is 2.43 bits per heavy atom. The highest BCUT2D eigenvalue weighted by Crippen LogP contribution is 2.27. The summed E-state index contributed by atoms with van der Waals surface area (Å²) in [4.78, 5) is 36.4. The van der Waals surface area contributed by atoms with Gasteiger partial charge in [-0.3, -0.25) is 14.4 Å². The molecule has 0 heterocycles. The second-order valence-corrected chi connectivity index (χ2v) is 7.00. The highest BCUT2D eigenvalue weighted by Gasteiger charge is 2.27. The Balaban J connectivity index is 1.55. The fraction of sp³-hybridized carbons (Fsp3) is 0.318. The quantitative estimate of drug-likeness (QED) is 0.723. The Bertz CT molecular complexity index is 857. The van der Waals surface area contributed by atoms with Crippen molar-refractivity contribution in [2.24, 2.45) is 5.92 Å². The summed E-state index contributed by atoms with van der Waals surface area (Å²) in [6.07, 6.45) is 2.67. The van der Waals surface area contributed by atoms with Gasteiger partial charge in [0.15, 0.2) is 6.61 Å². The van der Waals surface area contributed by atoms with Gasteiger partial charge < -0.3 is 15.4 Å². The predicted octanol–water partition coefficient (Wildman–Crippen LogP) is 3.21. The summed E-state index contributed by atoms with van der Waals surface area (Å²) in [5.74, 6) is -1.16. The van der Waals surface area contributed by atoms with Gasteiger partial charge in [0.25, 0.3) is 11.8 Å². The van der Waals surface area contributed by atoms with Crippen molar-refractivity contribution in [2.45, 2.75) is 32.7 Å². The lowest BCUT2D eigenvalue weighted by atomic mass is 9.86. The number of hydrogen-bond donors (Lipinski definition) is 2. The van der Waals surface area contributed by atoms with Crippen LogP contribution in [0.5, 0.6) is 0 Å². The zero-order chi connectivity index (χ0) is 19.9. The lowest BCUT2D eigenvalue weighted by Gasteiger charge is -2.22. The molecule has 1 saturated carbocycles. The molecule has 3 rings (SSSR count). The number of carbonyl (C=O) groups excluding carboxylic acids is 3. The van der Waals surface area contributed by atoms with Crippen LogP contribution in [-0.4, -0.2) is 24.4 Å². The molecule has 1 aliphatic carbocycles. The molecule has 28 heavy (non-hydrogen) atoms. The van der Waals surface area contributed by atoms with Gasteiger partial charge >= 0.3 is 5.97 Å². The fourth-order valence-corrected chi connectivity index (χ4v) is 2.86. The zero-order valence-corrected chi connectivity index (χ0v) is 15.9. The minimum absolute atomic E-state index is 0.0763. The van der Waals surface area contributed by atoms with Gasteiger partial charge in [0.05, 0.1) is 17.2 Å². The van der Waals surface area contributed by atoms with Crippen LogP contribution in [0.1, 0.15) is 40.7 Å². The van der Waals surface area contributed by atoms with E-state index in [4.69, 9.17) is 4.74 Å². The molecule has 0 radical (unpaired) electrons. The molecular weight excluding hydrogens is 356 g/mol. The van der Waals surface area contributed by atoms with Crippen LogP contribution in [0.2, 0.25) is 0 Å². The van der Waals surface area contributed by atoms with Crippen molar-refractivity contribution in [2.75, 3.05) is 11.9 Å². The van der Waals surface area contributed by atoms with Crippen LogP contribution >= 0.6 is 0 Å². The van der Waals surface area contributed by atoms with Gasteiger partial charge in [-0.1, -0.05) is 48.4 Å². The van der Waals surface area contributed by atoms with Crippen molar-refractivity contribution in [3.63, 3.8) is 0 Å². The van der Waals surface area contributed by atoms with E-state index >= 15 is 0 Å². The molecule has 0 unspecified atom stereocenters. The maximum absolute atomic E-state index is 12.5. The van der Waals surface area contributed by atoms with E-state index in [-0.39, 0.29) is 24.4 Å². The molecule has 2 aromatic carbocycles. The number of ether oxygens (including phenoxy) is 1. The molecule has 6 heteroatoms. The van der Waals surface area contributed by atoms with E-state index in [0.717, 1.165) is 30.4 Å². The monoisotopic (exact) mass is 380 g/mol. The smallest absolute Gasteiger partial charge is 0.309 e. The second-order valence-electron chi connectivity index (χ2n) is 7.00. The van der Waals surface area contributed by atoms with Crippen molar-refractivity contribution < 1.29 is 19.1 Å². The number of benzene rings is 2. The molecule has 1 fully saturated rings. The summed E-state index contributed by atoms with van der Waals surface area (Å²) in [6.45, 7) is 2.04. The number of carbonyl (C=O) groups is 3. The Morgan fingerprint density at radius 1 is 1.04 bits per heavy atom. The fourth-order valence-electron chi connectivity index (χ4n) is 2.86. The average molecular weight is 380 g/mol. The topological polar surface area (TPSA) is 84.5 Å². The summed E-state index contributed by atoms with van der Waals surface area (Å²) < 4.78 is 5.04. The van der Waals surface area contributed by atoms with Crippen molar-refractivity contribution in [1.82, 2.24) is 5.32 Å². The van der Waals surface area contributed by atoms with Crippen molar-refractivity contribution in [3.05, 3.63) is 65.2 Å². The molecule has 0 bridgehead atoms. The van der Waals surface area contributed by atoms with Crippen molar-refractivity contribution in [1.29, 1.82) is 0 Å². The first kappa shape index (κ1) is 19.6. The molecule has 0 aliphatic heterocycles. The molecule has 0 atom stereocenters. The van der Waals surface area contributed by atoms with Crippen LogP contribution in [0, 0.1) is 12.8 Å². The normalized spacial score (nSPS) is 13.3. The van der Waals surface area contributed by atoms with Gasteiger partial charge in [-0.25, -0.2) is 0 Å². The number of anilines is 1. The summed E-state index contributed by atoms with van der Waals surface area (Å²) in [6, 6.07) is 14.6. The maximum Gasteiger partial charge on any atom is 0.309 e. The lowest BCUT2D eigenvalue weighted by molar-refractivity contribution is -0.154. The minimum atomic E-state index is -0.466. The van der Waals surface area contributed by atoms with E-state index in [2.05, 4.69) is 10.6 Å². The number of nitrogens with one attached hydrogen (secondary N) is 2. The number of hydrogen-bond acceptors (Lipinski definition) is 4. The highest BCUT2D eigenvalue weighted by atomic mass is 16.5. The first-order valence-electron chi connectivity index (χ1n) is 9.42. The van der Waals surface area contributed by atoms with Gasteiger partial charge in [0.2, 0.25) is 0 Å². The maximum atomic E-state index is 12.5. The van der Waals surface area contributed by atoms with Crippen LogP contribution in [0.4, 0.5) is 5.69 Å². The summed E-state index contributed by atoms with van der Waals surface area (Å²) in [7, 11) is 0. The Kier molecular flexibility index (Phi) is 6.42. The Labute approximate surface area is 164 Å². The van der Waals surface area contributed by atoms with Gasteiger partial charge in [0, 0.05) is 6.54 Å². The molecule has 0 spiro atoms. The number of para-hydroxylation sites is 1. The predicted molar refractivity (Wildman–Crippen MR) is 106 cm³/mol. The van der Waals surface area contributed by atoms with E-state index in [1.54, 1.807) is 24.3 Å². The molecule has 2 aromatic rings. The van der Waals surface area contributed by atoms with E-state index in [0.29, 0.717) is 17.8 Å². The largest absolute Gasteiger partial charge is 0.455 e. The number of esters is 1. The molecule has 0 saturated heterocycles. The molecule has 2 amide bonds. The third-order valence-electron chi connectivity index (χ3n) is 4.80. The van der Waals surface area contributed by atoms with Crippen LogP contribution in [-0.2, 0) is 20.9 Å². The molecule has 2 N–H and O–H groups in total. The lowest BCUT2D eigenvalue weighted by Crippen LogP contribution is -2.29. The summed E-state index contributed by atoms with van der Waals surface area (Å²) in [5.41, 5.74) is 2.88. The summed E-state index contributed by atoms with van der Waals surface area (Å²) >= 11 is 0. The van der Waals surface area contributed by atoms with Gasteiger partial charge in [-0.15, -0.1) is 0 Å². The van der Waals surface area contributed by atoms with Crippen molar-refractivity contribution >= 4 is 23.5 Å².